The number of likely N-dealkylation sites (N-methyl/N-ethyl adjacent to an activating group) is 1. The fourth-order valence-corrected chi connectivity index (χ4v) is 3.49. The monoisotopic (exact) mass is 318 g/mol. The normalized spacial score (nSPS) is 19.2. The van der Waals surface area contributed by atoms with E-state index in [9.17, 15) is 9.90 Å². The van der Waals surface area contributed by atoms with Crippen molar-refractivity contribution in [1.29, 1.82) is 0 Å². The molecule has 1 aliphatic rings. The number of para-hydroxylation sites is 1. The molecule has 0 aliphatic carbocycles. The first-order valence-corrected chi connectivity index (χ1v) is 7.82. The lowest BCUT2D eigenvalue weighted by Crippen LogP contribution is -2.42. The van der Waals surface area contributed by atoms with Gasteiger partial charge in [-0.3, -0.25) is 4.90 Å². The summed E-state index contributed by atoms with van der Waals surface area (Å²) < 4.78 is 13.2. The van der Waals surface area contributed by atoms with Crippen LogP contribution in [0.2, 0.25) is 0 Å². The highest BCUT2D eigenvalue weighted by molar-refractivity contribution is 6.06. The third-order valence-corrected chi connectivity index (χ3v) is 4.58. The summed E-state index contributed by atoms with van der Waals surface area (Å²) in [4.78, 5) is 14.1. The van der Waals surface area contributed by atoms with Gasteiger partial charge in [0.15, 0.2) is 0 Å². The van der Waals surface area contributed by atoms with Crippen LogP contribution in [0.4, 0.5) is 0 Å². The molecule has 1 atom stereocenters. The number of carbonyl (C=O) groups is 1. The second-order valence-electron chi connectivity index (χ2n) is 5.68. The SMILES string of the molecule is CCN1CCOCC1n1c(C)c(C(=O)O)c2cccc(OC)c21. The van der Waals surface area contributed by atoms with Crippen LogP contribution in [0.3, 0.4) is 0 Å². The number of benzene rings is 1. The zero-order chi connectivity index (χ0) is 16.6. The molecule has 2 aromatic rings. The van der Waals surface area contributed by atoms with Crippen LogP contribution in [0.1, 0.15) is 29.1 Å². The van der Waals surface area contributed by atoms with Crippen molar-refractivity contribution >= 4 is 16.9 Å². The van der Waals surface area contributed by atoms with Gasteiger partial charge in [-0.15, -0.1) is 0 Å². The number of ether oxygens (including phenoxy) is 2. The van der Waals surface area contributed by atoms with Crippen LogP contribution in [0, 0.1) is 6.92 Å². The smallest absolute Gasteiger partial charge is 0.338 e. The maximum absolute atomic E-state index is 11.8. The van der Waals surface area contributed by atoms with Crippen molar-refractivity contribution in [3.63, 3.8) is 0 Å². The first-order valence-electron chi connectivity index (χ1n) is 7.82. The summed E-state index contributed by atoms with van der Waals surface area (Å²) >= 11 is 0. The quantitative estimate of drug-likeness (QED) is 0.938. The first-order chi connectivity index (χ1) is 11.1. The van der Waals surface area contributed by atoms with E-state index in [2.05, 4.69) is 16.4 Å². The minimum absolute atomic E-state index is 0.0272. The number of hydrogen-bond acceptors (Lipinski definition) is 4. The molecule has 124 valence electrons. The summed E-state index contributed by atoms with van der Waals surface area (Å²) in [5.41, 5.74) is 1.88. The summed E-state index contributed by atoms with van der Waals surface area (Å²) in [5.74, 6) is -0.237. The molecule has 6 heteroatoms. The van der Waals surface area contributed by atoms with Gasteiger partial charge in [-0.1, -0.05) is 19.1 Å². The van der Waals surface area contributed by atoms with E-state index in [1.165, 1.54) is 0 Å². The molecule has 23 heavy (non-hydrogen) atoms. The average Bonchev–Trinajstić information content (AvgIpc) is 2.86. The van der Waals surface area contributed by atoms with Crippen LogP contribution in [-0.4, -0.2) is 54.0 Å². The number of hydrogen-bond donors (Lipinski definition) is 1. The molecule has 1 saturated heterocycles. The maximum Gasteiger partial charge on any atom is 0.338 e. The zero-order valence-corrected chi connectivity index (χ0v) is 13.7. The van der Waals surface area contributed by atoms with E-state index in [4.69, 9.17) is 9.47 Å². The Balaban J connectivity index is 2.30. The molecule has 1 aliphatic heterocycles. The van der Waals surface area contributed by atoms with Crippen LogP contribution in [0.15, 0.2) is 18.2 Å². The van der Waals surface area contributed by atoms with E-state index in [0.29, 0.717) is 29.9 Å². The third-order valence-electron chi connectivity index (χ3n) is 4.58. The Morgan fingerprint density at radius 3 is 2.91 bits per heavy atom. The molecule has 0 amide bonds. The van der Waals surface area contributed by atoms with Gasteiger partial charge in [0.05, 0.1) is 31.4 Å². The van der Waals surface area contributed by atoms with Crippen LogP contribution >= 0.6 is 0 Å². The van der Waals surface area contributed by atoms with Gasteiger partial charge in [-0.25, -0.2) is 4.79 Å². The van der Waals surface area contributed by atoms with Gasteiger partial charge in [0.2, 0.25) is 0 Å². The Bertz CT molecular complexity index is 738. The maximum atomic E-state index is 11.8. The van der Waals surface area contributed by atoms with Gasteiger partial charge in [0, 0.05) is 17.6 Å². The van der Waals surface area contributed by atoms with Crippen LogP contribution in [-0.2, 0) is 4.74 Å². The Labute approximate surface area is 135 Å². The van der Waals surface area contributed by atoms with E-state index < -0.39 is 5.97 Å². The number of morpholine rings is 1. The van der Waals surface area contributed by atoms with Gasteiger partial charge in [-0.2, -0.15) is 0 Å². The largest absolute Gasteiger partial charge is 0.495 e. The molecule has 0 radical (unpaired) electrons. The Morgan fingerprint density at radius 1 is 1.48 bits per heavy atom. The summed E-state index contributed by atoms with van der Waals surface area (Å²) in [7, 11) is 1.61. The van der Waals surface area contributed by atoms with Crippen LogP contribution < -0.4 is 4.74 Å². The van der Waals surface area contributed by atoms with Crippen LogP contribution in [0.5, 0.6) is 5.75 Å². The van der Waals surface area contributed by atoms with Gasteiger partial charge >= 0.3 is 5.97 Å². The summed E-state index contributed by atoms with van der Waals surface area (Å²) in [5, 5.41) is 10.4. The molecule has 0 bridgehead atoms. The average molecular weight is 318 g/mol. The number of methoxy groups -OCH3 is 1. The minimum atomic E-state index is -0.917. The van der Waals surface area contributed by atoms with Crippen molar-refractivity contribution < 1.29 is 19.4 Å². The molecule has 1 fully saturated rings. The molecular weight excluding hydrogens is 296 g/mol. The molecule has 3 rings (SSSR count). The zero-order valence-electron chi connectivity index (χ0n) is 13.7. The van der Waals surface area contributed by atoms with E-state index in [1.54, 1.807) is 7.11 Å². The van der Waals surface area contributed by atoms with E-state index in [-0.39, 0.29) is 6.17 Å². The lowest BCUT2D eigenvalue weighted by atomic mass is 10.1. The fourth-order valence-electron chi connectivity index (χ4n) is 3.49. The van der Waals surface area contributed by atoms with E-state index in [1.807, 2.05) is 25.1 Å². The summed E-state index contributed by atoms with van der Waals surface area (Å²) in [6.45, 7) is 6.91. The number of carboxylic acids is 1. The van der Waals surface area contributed by atoms with Crippen molar-refractivity contribution in [2.45, 2.75) is 20.0 Å². The predicted octanol–water partition coefficient (Wildman–Crippen LogP) is 2.51. The van der Waals surface area contributed by atoms with Crippen molar-refractivity contribution in [3.8, 4) is 5.75 Å². The highest BCUT2D eigenvalue weighted by atomic mass is 16.5. The predicted molar refractivity (Wildman–Crippen MR) is 87.3 cm³/mol. The number of nitrogens with zero attached hydrogens (tertiary/aromatic N) is 2. The highest BCUT2D eigenvalue weighted by Gasteiger charge is 2.30. The molecule has 6 nitrogen and oxygen atoms in total. The number of rotatable bonds is 4. The van der Waals surface area contributed by atoms with Crippen molar-refractivity contribution in [2.75, 3.05) is 33.4 Å². The molecule has 1 aromatic carbocycles. The lowest BCUT2D eigenvalue weighted by Gasteiger charge is -2.37. The Kier molecular flexibility index (Phi) is 4.28. The second-order valence-corrected chi connectivity index (χ2v) is 5.68. The number of carboxylic acid groups (broad SMARTS) is 1. The highest BCUT2D eigenvalue weighted by Crippen LogP contribution is 2.36. The fraction of sp³-hybridized carbons (Fsp3) is 0.471. The van der Waals surface area contributed by atoms with Crippen molar-refractivity contribution in [1.82, 2.24) is 9.47 Å². The molecule has 0 spiro atoms. The van der Waals surface area contributed by atoms with Gasteiger partial charge in [0.25, 0.3) is 0 Å². The second kappa shape index (κ2) is 6.22. The van der Waals surface area contributed by atoms with E-state index >= 15 is 0 Å². The molecule has 0 saturated carbocycles. The van der Waals surface area contributed by atoms with Crippen molar-refractivity contribution in [2.24, 2.45) is 0 Å². The standard InChI is InChI=1S/C17H22N2O4/c1-4-18-8-9-23-10-14(18)19-11(2)15(17(20)21)12-6-5-7-13(22-3)16(12)19/h5-7,14H,4,8-10H2,1-3H3,(H,20,21). The van der Waals surface area contributed by atoms with Crippen molar-refractivity contribution in [3.05, 3.63) is 29.5 Å². The van der Waals surface area contributed by atoms with E-state index in [0.717, 1.165) is 24.3 Å². The first kappa shape index (κ1) is 15.8. The number of aromatic carboxylic acids is 1. The number of aromatic nitrogens is 1. The molecular formula is C17H22N2O4. The van der Waals surface area contributed by atoms with Gasteiger partial charge < -0.3 is 19.1 Å². The molecule has 1 aromatic heterocycles. The van der Waals surface area contributed by atoms with Crippen LogP contribution in [0.25, 0.3) is 10.9 Å². The van der Waals surface area contributed by atoms with Gasteiger partial charge in [0.1, 0.15) is 11.9 Å². The summed E-state index contributed by atoms with van der Waals surface area (Å²) in [6, 6.07) is 5.53. The van der Waals surface area contributed by atoms with Gasteiger partial charge in [-0.05, 0) is 19.5 Å². The molecule has 1 unspecified atom stereocenters. The third kappa shape index (κ3) is 2.48. The summed E-state index contributed by atoms with van der Waals surface area (Å²) in [6.07, 6.45) is -0.0272. The Hall–Kier alpha value is -2.05. The lowest BCUT2D eigenvalue weighted by molar-refractivity contribution is -0.0342. The number of fused-ring (bicyclic) bond motifs is 1. The molecule has 1 N–H and O–H groups in total. The molecule has 2 heterocycles. The Morgan fingerprint density at radius 2 is 2.26 bits per heavy atom. The minimum Gasteiger partial charge on any atom is -0.495 e. The topological polar surface area (TPSA) is 63.9 Å².